The molecule has 0 unspecified atom stereocenters. The molecule has 0 spiro atoms. The molecule has 0 N–H and O–H groups in total. The van der Waals surface area contributed by atoms with E-state index in [4.69, 9.17) is 13.3 Å². The van der Waals surface area contributed by atoms with Gasteiger partial charge in [0.1, 0.15) is 33.5 Å². The van der Waals surface area contributed by atoms with Crippen LogP contribution in [0.15, 0.2) is 299 Å². The van der Waals surface area contributed by atoms with Crippen molar-refractivity contribution in [2.24, 2.45) is 0 Å². The summed E-state index contributed by atoms with van der Waals surface area (Å²) in [5.74, 6) is 0. The summed E-state index contributed by atoms with van der Waals surface area (Å²) in [6.07, 6.45) is 3.28. The van der Waals surface area contributed by atoms with Gasteiger partial charge in [-0.25, -0.2) is 0 Å². The SMILES string of the molecule is C=CC=C.Cc1ccc(N(c2ccc(C)cc2)c2ccc(C)c(-c3cccc4c3oc3c(-c5ccc(N(c6ccc(-c7cccc8c7oc7ccccc78)cc6)c6ccc(-c7cccc8c7oc7ccccc78)cc6)cc5)cccc34)c2)cc1. The number of hydrogen-bond donors (Lipinski definition) is 0. The first-order chi connectivity index (χ1) is 41.3. The number of anilines is 6. The molecule has 0 atom stereocenters. The van der Waals surface area contributed by atoms with E-state index in [1.807, 2.05) is 24.3 Å². The summed E-state index contributed by atoms with van der Waals surface area (Å²) >= 11 is 0. The molecule has 0 saturated carbocycles. The number of furan rings is 3. The van der Waals surface area contributed by atoms with E-state index in [0.717, 1.165) is 144 Å². The second kappa shape index (κ2) is 21.5. The Hall–Kier alpha value is -10.9. The molecule has 0 fully saturated rings. The van der Waals surface area contributed by atoms with Crippen molar-refractivity contribution in [2.75, 3.05) is 9.80 Å². The van der Waals surface area contributed by atoms with E-state index in [9.17, 15) is 0 Å². The minimum absolute atomic E-state index is 0.861. The molecule has 0 aliphatic rings. The van der Waals surface area contributed by atoms with E-state index in [2.05, 4.69) is 280 Å². The molecule has 3 aromatic heterocycles. The number of benzene rings is 12. The standard InChI is InChI=1S/C75H52N2O3.C4H6/c1-47-24-35-53(36-25-47)77(54-37-26-48(2)27-38-54)58-39-28-49(3)69(46-58)68-21-11-20-67-66-19-10-16-61(74(66)80-75(67)68)52-33-44-57(45-34-52)76(55-40-29-50(30-41-55)59-14-8-17-64-62-12-4-6-22-70(62)78-72(59)64)56-42-31-51(32-43-56)60-15-9-18-65-63-13-5-7-23-71(63)79-73(60)65;1-3-4-2/h4-46H,1-3H3;3-4H,1-2H2. The van der Waals surface area contributed by atoms with Gasteiger partial charge in [-0.2, -0.15) is 0 Å². The van der Waals surface area contributed by atoms with Crippen LogP contribution in [-0.4, -0.2) is 0 Å². The van der Waals surface area contributed by atoms with Crippen LogP contribution in [0.25, 0.3) is 110 Å². The summed E-state index contributed by atoms with van der Waals surface area (Å²) in [7, 11) is 0. The second-order valence-corrected chi connectivity index (χ2v) is 21.5. The van der Waals surface area contributed by atoms with Crippen LogP contribution in [0.1, 0.15) is 16.7 Å². The molecule has 0 aliphatic carbocycles. The lowest BCUT2D eigenvalue weighted by Crippen LogP contribution is -2.10. The number of hydrogen-bond acceptors (Lipinski definition) is 5. The van der Waals surface area contributed by atoms with Gasteiger partial charge in [-0.05, 0) is 134 Å². The molecule has 0 radical (unpaired) electrons. The predicted octanol–water partition coefficient (Wildman–Crippen LogP) is 23.3. The molecule has 5 heteroatoms. The summed E-state index contributed by atoms with van der Waals surface area (Å²) < 4.78 is 20.1. The molecule has 0 aliphatic heterocycles. The molecule has 5 nitrogen and oxygen atoms in total. The lowest BCUT2D eigenvalue weighted by atomic mass is 9.96. The van der Waals surface area contributed by atoms with E-state index < -0.39 is 0 Å². The van der Waals surface area contributed by atoms with Gasteiger partial charge in [0.05, 0.1) is 0 Å². The van der Waals surface area contributed by atoms with Crippen molar-refractivity contribution >= 4 is 99.9 Å². The Morgan fingerprint density at radius 1 is 0.274 bits per heavy atom. The van der Waals surface area contributed by atoms with Gasteiger partial charge in [-0.1, -0.05) is 212 Å². The molecule has 0 bridgehead atoms. The van der Waals surface area contributed by atoms with Crippen molar-refractivity contribution in [1.29, 1.82) is 0 Å². The maximum atomic E-state index is 7.14. The first kappa shape index (κ1) is 51.3. The first-order valence-electron chi connectivity index (χ1n) is 28.4. The maximum absolute atomic E-state index is 7.14. The molecule has 0 amide bonds. The fraction of sp³-hybridized carbons (Fsp3) is 0.0380. The van der Waals surface area contributed by atoms with Crippen molar-refractivity contribution in [2.45, 2.75) is 20.8 Å². The Balaban J connectivity index is 0.00000152. The molecule has 84 heavy (non-hydrogen) atoms. The largest absolute Gasteiger partial charge is 0.455 e. The number of rotatable bonds is 11. The van der Waals surface area contributed by atoms with Crippen molar-refractivity contribution in [3.8, 4) is 44.5 Å². The summed E-state index contributed by atoms with van der Waals surface area (Å²) in [4.78, 5) is 4.66. The zero-order valence-corrected chi connectivity index (χ0v) is 47.0. The first-order valence-corrected chi connectivity index (χ1v) is 28.4. The van der Waals surface area contributed by atoms with E-state index >= 15 is 0 Å². The highest BCUT2D eigenvalue weighted by Gasteiger charge is 2.22. The molecule has 0 saturated heterocycles. The summed E-state index contributed by atoms with van der Waals surface area (Å²) in [5.41, 5.74) is 23.8. The average Bonchev–Trinajstić information content (AvgIpc) is 4.16. The summed E-state index contributed by atoms with van der Waals surface area (Å²) in [6, 6.07) is 93.1. The van der Waals surface area contributed by atoms with Gasteiger partial charge in [0.2, 0.25) is 0 Å². The van der Waals surface area contributed by atoms with Crippen molar-refractivity contribution < 1.29 is 13.3 Å². The summed E-state index contributed by atoms with van der Waals surface area (Å²) in [5, 5.41) is 6.63. The van der Waals surface area contributed by atoms with E-state index in [-0.39, 0.29) is 0 Å². The van der Waals surface area contributed by atoms with Crippen LogP contribution in [0, 0.1) is 20.8 Å². The van der Waals surface area contributed by atoms with Gasteiger partial charge in [0.25, 0.3) is 0 Å². The number of nitrogens with zero attached hydrogens (tertiary/aromatic N) is 2. The topological polar surface area (TPSA) is 45.9 Å². The molecule has 3 heterocycles. The van der Waals surface area contributed by atoms with Crippen molar-refractivity contribution in [1.82, 2.24) is 0 Å². The van der Waals surface area contributed by atoms with Gasteiger partial charge >= 0.3 is 0 Å². The maximum Gasteiger partial charge on any atom is 0.143 e. The van der Waals surface area contributed by atoms with Crippen LogP contribution in [0.4, 0.5) is 34.1 Å². The minimum Gasteiger partial charge on any atom is -0.455 e. The molecular formula is C79H58N2O3. The fourth-order valence-electron chi connectivity index (χ4n) is 11.9. The van der Waals surface area contributed by atoms with Crippen molar-refractivity contribution in [3.63, 3.8) is 0 Å². The quantitative estimate of drug-likeness (QED) is 0.121. The highest BCUT2D eigenvalue weighted by atomic mass is 16.3. The Morgan fingerprint density at radius 3 is 0.988 bits per heavy atom. The molecule has 15 rings (SSSR count). The van der Waals surface area contributed by atoms with Crippen LogP contribution in [0.2, 0.25) is 0 Å². The van der Waals surface area contributed by atoms with Gasteiger partial charge < -0.3 is 23.1 Å². The van der Waals surface area contributed by atoms with Crippen molar-refractivity contribution in [3.05, 3.63) is 303 Å². The zero-order valence-electron chi connectivity index (χ0n) is 47.0. The van der Waals surface area contributed by atoms with Crippen LogP contribution in [0.3, 0.4) is 0 Å². The monoisotopic (exact) mass is 1080 g/mol. The molecular weight excluding hydrogens is 1020 g/mol. The van der Waals surface area contributed by atoms with Gasteiger partial charge in [0, 0.05) is 88.7 Å². The van der Waals surface area contributed by atoms with E-state index in [1.165, 1.54) is 16.7 Å². The normalized spacial score (nSPS) is 11.4. The Bertz CT molecular complexity index is 4740. The fourth-order valence-corrected chi connectivity index (χ4v) is 11.9. The lowest BCUT2D eigenvalue weighted by molar-refractivity contribution is 0.669. The Kier molecular flexibility index (Phi) is 13.2. The Morgan fingerprint density at radius 2 is 0.583 bits per heavy atom. The third-order valence-electron chi connectivity index (χ3n) is 16.2. The van der Waals surface area contributed by atoms with Crippen LogP contribution < -0.4 is 9.80 Å². The highest BCUT2D eigenvalue weighted by Crippen LogP contribution is 2.46. The number of aryl methyl sites for hydroxylation is 3. The van der Waals surface area contributed by atoms with E-state index in [0.29, 0.717) is 0 Å². The third kappa shape index (κ3) is 9.18. The van der Waals surface area contributed by atoms with Crippen LogP contribution in [-0.2, 0) is 0 Å². The second-order valence-electron chi connectivity index (χ2n) is 21.5. The molecule has 12 aromatic carbocycles. The molecule has 15 aromatic rings. The van der Waals surface area contributed by atoms with Gasteiger partial charge in [-0.15, -0.1) is 0 Å². The lowest BCUT2D eigenvalue weighted by Gasteiger charge is -2.26. The molecule has 402 valence electrons. The van der Waals surface area contributed by atoms with Gasteiger partial charge in [-0.3, -0.25) is 0 Å². The average molecular weight is 1080 g/mol. The van der Waals surface area contributed by atoms with Gasteiger partial charge in [0.15, 0.2) is 0 Å². The van der Waals surface area contributed by atoms with Crippen LogP contribution >= 0.6 is 0 Å². The van der Waals surface area contributed by atoms with E-state index in [1.54, 1.807) is 12.2 Å². The Labute approximate surface area is 488 Å². The van der Waals surface area contributed by atoms with Crippen LogP contribution in [0.5, 0.6) is 0 Å². The number of para-hydroxylation sites is 6. The smallest absolute Gasteiger partial charge is 0.143 e. The number of fused-ring (bicyclic) bond motifs is 9. The minimum atomic E-state index is 0.861. The predicted molar refractivity (Wildman–Crippen MR) is 354 cm³/mol. The summed E-state index contributed by atoms with van der Waals surface area (Å²) in [6.45, 7) is 13.2. The third-order valence-corrected chi connectivity index (χ3v) is 16.2. The number of allylic oxidation sites excluding steroid dienone is 2. The highest BCUT2D eigenvalue weighted by molar-refractivity contribution is 6.14. The zero-order chi connectivity index (χ0) is 56.8.